The fourth-order valence-corrected chi connectivity index (χ4v) is 3.77. The summed E-state index contributed by atoms with van der Waals surface area (Å²) in [5.41, 5.74) is 0.345. The van der Waals surface area contributed by atoms with Crippen LogP contribution >= 0.6 is 11.6 Å². The molecule has 2 rings (SSSR count). The second-order valence-electron chi connectivity index (χ2n) is 5.55. The van der Waals surface area contributed by atoms with Crippen molar-refractivity contribution < 1.29 is 22.3 Å². The molecule has 0 fully saturated rings. The average molecular weight is 401 g/mol. The lowest BCUT2D eigenvalue weighted by Gasteiger charge is -2.29. The molecule has 140 valence electrons. The zero-order chi connectivity index (χ0) is 19.5. The smallest absolute Gasteiger partial charge is 0.247 e. The van der Waals surface area contributed by atoms with E-state index in [1.54, 1.807) is 6.07 Å². The molecule has 0 aliphatic carbocycles. The van der Waals surface area contributed by atoms with Crippen molar-refractivity contribution >= 4 is 38.9 Å². The summed E-state index contributed by atoms with van der Waals surface area (Å²) in [6.07, 6.45) is 0.972. The van der Waals surface area contributed by atoms with Crippen molar-refractivity contribution in [3.05, 3.63) is 53.3 Å². The Morgan fingerprint density at radius 3 is 2.54 bits per heavy atom. The second kappa shape index (κ2) is 7.92. The summed E-state index contributed by atoms with van der Waals surface area (Å²) >= 11 is 5.98. The number of carbonyl (C=O) groups excluding carboxylic acids is 1. The molecule has 1 atom stereocenters. The van der Waals surface area contributed by atoms with Gasteiger partial charge in [-0.2, -0.15) is 0 Å². The molecule has 0 saturated carbocycles. The lowest BCUT2D eigenvalue weighted by molar-refractivity contribution is -0.116. The van der Waals surface area contributed by atoms with Crippen molar-refractivity contribution in [2.75, 3.05) is 23.0 Å². The van der Waals surface area contributed by atoms with Crippen molar-refractivity contribution in [3.8, 4) is 5.75 Å². The van der Waals surface area contributed by atoms with Gasteiger partial charge >= 0.3 is 0 Å². The van der Waals surface area contributed by atoms with Gasteiger partial charge in [0, 0.05) is 10.7 Å². The first kappa shape index (κ1) is 20.0. The summed E-state index contributed by atoms with van der Waals surface area (Å²) in [5.74, 6) is -0.916. The van der Waals surface area contributed by atoms with Crippen molar-refractivity contribution in [1.29, 1.82) is 0 Å². The van der Waals surface area contributed by atoms with Gasteiger partial charge in [-0.1, -0.05) is 17.7 Å². The van der Waals surface area contributed by atoms with Crippen LogP contribution in [0.25, 0.3) is 0 Å². The van der Waals surface area contributed by atoms with Crippen LogP contribution < -0.4 is 14.4 Å². The molecule has 0 aromatic heterocycles. The van der Waals surface area contributed by atoms with Crippen LogP contribution in [0.4, 0.5) is 15.8 Å². The van der Waals surface area contributed by atoms with E-state index in [1.807, 2.05) is 0 Å². The molecule has 1 amide bonds. The summed E-state index contributed by atoms with van der Waals surface area (Å²) in [7, 11) is -2.47. The SMILES string of the molecule is COc1ccc(Cl)cc1N(C(C)C(=O)Nc1cccc(F)c1)S(C)(=O)=O. The molecule has 0 heterocycles. The van der Waals surface area contributed by atoms with Gasteiger partial charge in [0.2, 0.25) is 15.9 Å². The zero-order valence-electron chi connectivity index (χ0n) is 14.4. The van der Waals surface area contributed by atoms with Gasteiger partial charge in [-0.25, -0.2) is 12.8 Å². The van der Waals surface area contributed by atoms with E-state index in [0.29, 0.717) is 0 Å². The Balaban J connectivity index is 2.41. The fraction of sp³-hybridized carbons (Fsp3) is 0.235. The number of hydrogen-bond acceptors (Lipinski definition) is 4. The molecule has 1 N–H and O–H groups in total. The third-order valence-corrected chi connectivity index (χ3v) is 5.02. The highest BCUT2D eigenvalue weighted by Crippen LogP contribution is 2.34. The lowest BCUT2D eigenvalue weighted by atomic mass is 10.2. The number of sulfonamides is 1. The average Bonchev–Trinajstić information content (AvgIpc) is 2.54. The van der Waals surface area contributed by atoms with Gasteiger partial charge in [0.25, 0.3) is 0 Å². The van der Waals surface area contributed by atoms with E-state index in [0.717, 1.165) is 16.6 Å². The maximum atomic E-state index is 13.3. The Hall–Kier alpha value is -2.32. The van der Waals surface area contributed by atoms with Crippen LogP contribution in [0.2, 0.25) is 5.02 Å². The summed E-state index contributed by atoms with van der Waals surface area (Å²) in [5, 5.41) is 2.78. The lowest BCUT2D eigenvalue weighted by Crippen LogP contribution is -2.45. The predicted molar refractivity (Wildman–Crippen MR) is 99.8 cm³/mol. The van der Waals surface area contributed by atoms with Crippen LogP contribution in [0.15, 0.2) is 42.5 Å². The number of nitrogens with one attached hydrogen (secondary N) is 1. The molecule has 0 spiro atoms. The Labute approximate surface area is 156 Å². The first-order chi connectivity index (χ1) is 12.1. The quantitative estimate of drug-likeness (QED) is 0.807. The summed E-state index contributed by atoms with van der Waals surface area (Å²) in [6.45, 7) is 1.41. The number of rotatable bonds is 6. The van der Waals surface area contributed by atoms with Gasteiger partial charge < -0.3 is 10.1 Å². The third-order valence-electron chi connectivity index (χ3n) is 3.56. The minimum Gasteiger partial charge on any atom is -0.495 e. The van der Waals surface area contributed by atoms with Crippen molar-refractivity contribution in [1.82, 2.24) is 0 Å². The van der Waals surface area contributed by atoms with Crippen LogP contribution in [-0.4, -0.2) is 33.7 Å². The van der Waals surface area contributed by atoms with Crippen LogP contribution in [0.1, 0.15) is 6.92 Å². The first-order valence-electron chi connectivity index (χ1n) is 7.53. The minimum absolute atomic E-state index is 0.129. The highest BCUT2D eigenvalue weighted by atomic mass is 35.5. The van der Waals surface area contributed by atoms with E-state index in [4.69, 9.17) is 16.3 Å². The number of amides is 1. The molecule has 9 heteroatoms. The Morgan fingerprint density at radius 1 is 1.27 bits per heavy atom. The van der Waals surface area contributed by atoms with Crippen LogP contribution in [0.5, 0.6) is 5.75 Å². The molecule has 0 bridgehead atoms. The van der Waals surface area contributed by atoms with Crippen molar-refractivity contribution in [2.45, 2.75) is 13.0 Å². The Kier molecular flexibility index (Phi) is 6.09. The van der Waals surface area contributed by atoms with Crippen LogP contribution in [0, 0.1) is 5.82 Å². The molecular formula is C17H18ClFN2O4S. The van der Waals surface area contributed by atoms with E-state index in [9.17, 15) is 17.6 Å². The monoisotopic (exact) mass is 400 g/mol. The van der Waals surface area contributed by atoms with Gasteiger partial charge in [-0.3, -0.25) is 9.10 Å². The molecular weight excluding hydrogens is 383 g/mol. The number of ether oxygens (including phenoxy) is 1. The third kappa shape index (κ3) is 4.64. The van der Waals surface area contributed by atoms with E-state index in [1.165, 1.54) is 44.4 Å². The largest absolute Gasteiger partial charge is 0.495 e. The van der Waals surface area contributed by atoms with E-state index < -0.39 is 27.8 Å². The number of halogens is 2. The standard InChI is InChI=1S/C17H18ClFN2O4S/c1-11(17(22)20-14-6-4-5-13(19)10-14)21(26(3,23)24)15-9-12(18)7-8-16(15)25-2/h4-11H,1-3H3,(H,20,22). The summed E-state index contributed by atoms with van der Waals surface area (Å²) in [6, 6.07) is 8.61. The van der Waals surface area contributed by atoms with Gasteiger partial charge in [-0.05, 0) is 43.3 Å². The second-order valence-corrected chi connectivity index (χ2v) is 7.85. The number of carbonyl (C=O) groups is 1. The molecule has 2 aromatic carbocycles. The van der Waals surface area contributed by atoms with Crippen molar-refractivity contribution in [3.63, 3.8) is 0 Å². The zero-order valence-corrected chi connectivity index (χ0v) is 15.9. The van der Waals surface area contributed by atoms with E-state index in [-0.39, 0.29) is 22.1 Å². The molecule has 0 radical (unpaired) electrons. The number of benzene rings is 2. The topological polar surface area (TPSA) is 75.7 Å². The number of methoxy groups -OCH3 is 1. The molecule has 2 aromatic rings. The number of nitrogens with zero attached hydrogens (tertiary/aromatic N) is 1. The van der Waals surface area contributed by atoms with Crippen LogP contribution in [-0.2, 0) is 14.8 Å². The van der Waals surface area contributed by atoms with Crippen LogP contribution in [0.3, 0.4) is 0 Å². The molecule has 0 aliphatic heterocycles. The number of anilines is 2. The Bertz CT molecular complexity index is 921. The Morgan fingerprint density at radius 2 is 1.96 bits per heavy atom. The predicted octanol–water partition coefficient (Wildman–Crippen LogP) is 3.28. The molecule has 26 heavy (non-hydrogen) atoms. The van der Waals surface area contributed by atoms with Gasteiger partial charge in [-0.15, -0.1) is 0 Å². The van der Waals surface area contributed by atoms with Gasteiger partial charge in [0.15, 0.2) is 0 Å². The molecule has 0 aliphatic rings. The highest BCUT2D eigenvalue weighted by Gasteiger charge is 2.31. The fourth-order valence-electron chi connectivity index (χ4n) is 2.43. The van der Waals surface area contributed by atoms with E-state index in [2.05, 4.69) is 5.32 Å². The summed E-state index contributed by atoms with van der Waals surface area (Å²) < 4.78 is 44.1. The number of hydrogen-bond donors (Lipinski definition) is 1. The normalized spacial score (nSPS) is 12.3. The van der Waals surface area contributed by atoms with E-state index >= 15 is 0 Å². The first-order valence-corrected chi connectivity index (χ1v) is 9.75. The molecule has 6 nitrogen and oxygen atoms in total. The highest BCUT2D eigenvalue weighted by molar-refractivity contribution is 7.92. The maximum Gasteiger partial charge on any atom is 0.247 e. The maximum absolute atomic E-state index is 13.3. The van der Waals surface area contributed by atoms with Crippen molar-refractivity contribution in [2.24, 2.45) is 0 Å². The van der Waals surface area contributed by atoms with Gasteiger partial charge in [0.05, 0.1) is 19.1 Å². The van der Waals surface area contributed by atoms with Gasteiger partial charge in [0.1, 0.15) is 17.6 Å². The minimum atomic E-state index is -3.85. The summed E-state index contributed by atoms with van der Waals surface area (Å²) in [4.78, 5) is 12.6. The molecule has 1 unspecified atom stereocenters. The molecule has 0 saturated heterocycles.